The lowest BCUT2D eigenvalue weighted by atomic mass is 10.2. The molecule has 0 aliphatic rings. The first-order valence-corrected chi connectivity index (χ1v) is 10.1. The Balaban J connectivity index is 1.46. The second-order valence-corrected chi connectivity index (χ2v) is 7.31. The summed E-state index contributed by atoms with van der Waals surface area (Å²) in [6.07, 6.45) is -1.78. The summed E-state index contributed by atoms with van der Waals surface area (Å²) >= 11 is 0. The Morgan fingerprint density at radius 2 is 1.80 bits per heavy atom. The number of halogens is 4. The number of aromatic nitrogens is 5. The van der Waals surface area contributed by atoms with Crippen LogP contribution in [-0.2, 0) is 24.1 Å². The topological polar surface area (TPSA) is 107 Å². The molecule has 0 bridgehead atoms. The van der Waals surface area contributed by atoms with Crippen LogP contribution in [0.1, 0.15) is 21.7 Å². The fraction of sp³-hybridized carbons (Fsp3) is 0.136. The van der Waals surface area contributed by atoms with Crippen molar-refractivity contribution in [1.29, 1.82) is 0 Å². The Labute approximate surface area is 195 Å². The minimum Gasteiger partial charge on any atom is -0.346 e. The summed E-state index contributed by atoms with van der Waals surface area (Å²) in [6, 6.07) is 12.2. The molecule has 2 N–H and O–H groups in total. The van der Waals surface area contributed by atoms with Gasteiger partial charge < -0.3 is 10.6 Å². The Morgan fingerprint density at radius 3 is 2.49 bits per heavy atom. The van der Waals surface area contributed by atoms with E-state index in [1.54, 1.807) is 42.7 Å². The van der Waals surface area contributed by atoms with Gasteiger partial charge >= 0.3 is 6.18 Å². The van der Waals surface area contributed by atoms with Crippen molar-refractivity contribution in [2.45, 2.75) is 19.3 Å². The number of carbonyl (C=O) groups is 2. The molecule has 0 aliphatic carbocycles. The average Bonchev–Trinajstić information content (AvgIpc) is 3.48. The molecule has 13 heteroatoms. The van der Waals surface area contributed by atoms with Gasteiger partial charge in [0, 0.05) is 24.6 Å². The summed E-state index contributed by atoms with van der Waals surface area (Å²) in [4.78, 5) is 24.7. The Kier molecular flexibility index (Phi) is 6.57. The molecular formula is C22H17F4N7O2. The number of alkyl halides is 3. The number of hydrogen-bond acceptors (Lipinski definition) is 5. The molecule has 0 saturated carbocycles. The van der Waals surface area contributed by atoms with E-state index in [0.29, 0.717) is 15.9 Å². The molecule has 0 spiro atoms. The van der Waals surface area contributed by atoms with Crippen LogP contribution in [0.5, 0.6) is 0 Å². The van der Waals surface area contributed by atoms with Crippen LogP contribution < -0.4 is 10.6 Å². The first-order valence-electron chi connectivity index (χ1n) is 10.1. The van der Waals surface area contributed by atoms with Crippen LogP contribution in [-0.4, -0.2) is 36.6 Å². The second kappa shape index (κ2) is 9.75. The van der Waals surface area contributed by atoms with E-state index in [9.17, 15) is 27.2 Å². The lowest BCUT2D eigenvalue weighted by Crippen LogP contribution is -2.27. The fourth-order valence-electron chi connectivity index (χ4n) is 3.22. The molecule has 35 heavy (non-hydrogen) atoms. The predicted octanol–water partition coefficient (Wildman–Crippen LogP) is 3.19. The van der Waals surface area contributed by atoms with Crippen molar-refractivity contribution in [2.75, 3.05) is 5.32 Å². The van der Waals surface area contributed by atoms with Gasteiger partial charge in [0.2, 0.25) is 5.91 Å². The van der Waals surface area contributed by atoms with Gasteiger partial charge in [-0.2, -0.15) is 18.3 Å². The number of amides is 2. The van der Waals surface area contributed by atoms with E-state index in [1.165, 1.54) is 4.68 Å². The van der Waals surface area contributed by atoms with Crippen LogP contribution in [0.15, 0.2) is 67.0 Å². The number of nitrogens with one attached hydrogen (secondary N) is 2. The van der Waals surface area contributed by atoms with Crippen LogP contribution in [0.2, 0.25) is 0 Å². The smallest absolute Gasteiger partial charge is 0.346 e. The molecule has 0 unspecified atom stereocenters. The molecule has 0 saturated heterocycles. The first-order chi connectivity index (χ1) is 16.7. The van der Waals surface area contributed by atoms with Gasteiger partial charge in [-0.3, -0.25) is 14.3 Å². The van der Waals surface area contributed by atoms with E-state index in [4.69, 9.17) is 0 Å². The molecule has 0 fully saturated rings. The van der Waals surface area contributed by atoms with E-state index in [0.717, 1.165) is 24.3 Å². The minimum atomic E-state index is -4.96. The quantitative estimate of drug-likeness (QED) is 0.390. The molecule has 9 nitrogen and oxygen atoms in total. The van der Waals surface area contributed by atoms with Crippen LogP contribution in [0.3, 0.4) is 0 Å². The van der Waals surface area contributed by atoms with Crippen molar-refractivity contribution in [3.63, 3.8) is 0 Å². The van der Waals surface area contributed by atoms with Crippen molar-refractivity contribution in [3.8, 4) is 5.69 Å². The number of nitrogens with zero attached hydrogens (tertiary/aromatic N) is 5. The van der Waals surface area contributed by atoms with Gasteiger partial charge in [-0.15, -0.1) is 5.10 Å². The highest BCUT2D eigenvalue weighted by Gasteiger charge is 2.42. The zero-order chi connectivity index (χ0) is 25.0. The first kappa shape index (κ1) is 23.6. The van der Waals surface area contributed by atoms with Crippen LogP contribution in [0.25, 0.3) is 5.69 Å². The van der Waals surface area contributed by atoms with Crippen molar-refractivity contribution in [3.05, 3.63) is 89.8 Å². The normalized spacial score (nSPS) is 11.3. The molecule has 2 heterocycles. The summed E-state index contributed by atoms with van der Waals surface area (Å²) in [5.41, 5.74) is -1.46. The molecule has 0 radical (unpaired) electrons. The molecule has 2 aromatic carbocycles. The minimum absolute atomic E-state index is 0.00209. The zero-order valence-corrected chi connectivity index (χ0v) is 17.8. The summed E-state index contributed by atoms with van der Waals surface area (Å²) in [6.45, 7) is -0.139. The highest BCUT2D eigenvalue weighted by atomic mass is 19.4. The molecule has 4 rings (SSSR count). The van der Waals surface area contributed by atoms with E-state index in [-0.39, 0.29) is 24.7 Å². The maximum Gasteiger partial charge on any atom is 0.435 e. The van der Waals surface area contributed by atoms with Crippen molar-refractivity contribution < 1.29 is 27.2 Å². The SMILES string of the molecule is O=C(Cn1cccn1)Nc1cccc(CNC(=O)c2nnn(-c3ccc(F)cc3)c2C(F)(F)F)c1. The third kappa shape index (κ3) is 5.69. The summed E-state index contributed by atoms with van der Waals surface area (Å²) in [5.74, 6) is -2.07. The predicted molar refractivity (Wildman–Crippen MR) is 115 cm³/mol. The van der Waals surface area contributed by atoms with Gasteiger partial charge in [0.1, 0.15) is 12.4 Å². The second-order valence-electron chi connectivity index (χ2n) is 7.31. The van der Waals surface area contributed by atoms with Gasteiger partial charge in [-0.1, -0.05) is 17.3 Å². The average molecular weight is 487 g/mol. The Hall–Kier alpha value is -4.55. The van der Waals surface area contributed by atoms with Crippen LogP contribution >= 0.6 is 0 Å². The molecule has 2 amide bonds. The lowest BCUT2D eigenvalue weighted by Gasteiger charge is -2.12. The van der Waals surface area contributed by atoms with E-state index in [2.05, 4.69) is 26.0 Å². The number of anilines is 1. The maximum atomic E-state index is 13.7. The van der Waals surface area contributed by atoms with Gasteiger partial charge in [0.15, 0.2) is 11.4 Å². The van der Waals surface area contributed by atoms with Gasteiger partial charge in [0.25, 0.3) is 5.91 Å². The molecule has 0 aliphatic heterocycles. The largest absolute Gasteiger partial charge is 0.435 e. The van der Waals surface area contributed by atoms with E-state index >= 15 is 0 Å². The highest BCUT2D eigenvalue weighted by molar-refractivity contribution is 5.93. The number of hydrogen-bond donors (Lipinski definition) is 2. The van der Waals surface area contributed by atoms with Gasteiger partial charge in [-0.05, 0) is 48.0 Å². The zero-order valence-electron chi connectivity index (χ0n) is 17.8. The summed E-state index contributed by atoms with van der Waals surface area (Å²) in [5, 5.41) is 15.9. The summed E-state index contributed by atoms with van der Waals surface area (Å²) in [7, 11) is 0. The van der Waals surface area contributed by atoms with Crippen LogP contribution in [0.4, 0.5) is 23.2 Å². The third-order valence-corrected chi connectivity index (χ3v) is 4.75. The maximum absolute atomic E-state index is 13.7. The fourth-order valence-corrected chi connectivity index (χ4v) is 3.22. The van der Waals surface area contributed by atoms with Crippen LogP contribution in [0, 0.1) is 5.82 Å². The van der Waals surface area contributed by atoms with Crippen molar-refractivity contribution in [2.24, 2.45) is 0 Å². The highest BCUT2D eigenvalue weighted by Crippen LogP contribution is 2.32. The molecule has 2 aromatic heterocycles. The monoisotopic (exact) mass is 487 g/mol. The molecule has 0 atom stereocenters. The number of carbonyl (C=O) groups excluding carboxylic acids is 2. The standard InChI is InChI=1S/C22H17F4N7O2/c23-15-5-7-17(8-6-15)33-20(22(24,25)26)19(30-31-33)21(35)27-12-14-3-1-4-16(11-14)29-18(34)13-32-10-2-9-28-32/h1-11H,12-13H2,(H,27,35)(H,29,34). The van der Waals surface area contributed by atoms with Gasteiger partial charge in [0.05, 0.1) is 5.69 Å². The van der Waals surface area contributed by atoms with E-state index < -0.39 is 29.3 Å². The van der Waals surface area contributed by atoms with Crippen molar-refractivity contribution in [1.82, 2.24) is 30.1 Å². The van der Waals surface area contributed by atoms with E-state index in [1.807, 2.05) is 0 Å². The Morgan fingerprint density at radius 1 is 1.03 bits per heavy atom. The van der Waals surface area contributed by atoms with Gasteiger partial charge in [-0.25, -0.2) is 9.07 Å². The lowest BCUT2D eigenvalue weighted by molar-refractivity contribution is -0.143. The summed E-state index contributed by atoms with van der Waals surface area (Å²) < 4.78 is 56.2. The number of benzene rings is 2. The number of rotatable bonds is 7. The molecule has 180 valence electrons. The molecule has 4 aromatic rings. The molecular weight excluding hydrogens is 470 g/mol. The Bertz CT molecular complexity index is 1330. The van der Waals surface area contributed by atoms with Crippen molar-refractivity contribution >= 4 is 17.5 Å². The third-order valence-electron chi connectivity index (χ3n) is 4.75.